The molecule has 1 heterocycles. The van der Waals surface area contributed by atoms with E-state index in [0.29, 0.717) is 0 Å². The summed E-state index contributed by atoms with van der Waals surface area (Å²) in [6.07, 6.45) is -0.0956. The zero-order valence-corrected chi connectivity index (χ0v) is 11.4. The molecule has 1 fully saturated rings. The van der Waals surface area contributed by atoms with Gasteiger partial charge in [-0.15, -0.1) is 0 Å². The lowest BCUT2D eigenvalue weighted by Gasteiger charge is -2.33. The minimum atomic E-state index is -3.13. The summed E-state index contributed by atoms with van der Waals surface area (Å²) in [6, 6.07) is -2.30. The van der Waals surface area contributed by atoms with Gasteiger partial charge in [0.15, 0.2) is 9.84 Å². The number of carbonyl (C=O) groups excluding carboxylic acids is 1. The van der Waals surface area contributed by atoms with Crippen molar-refractivity contribution >= 4 is 21.8 Å². The Balaban J connectivity index is 2.65. The summed E-state index contributed by atoms with van der Waals surface area (Å²) in [7, 11) is -3.13. The molecule has 0 saturated carbocycles. The Hall–Kier alpha value is -1.35. The average molecular weight is 294 g/mol. The predicted octanol–water partition coefficient (Wildman–Crippen LogP) is -1.35. The van der Waals surface area contributed by atoms with Crippen LogP contribution in [0.25, 0.3) is 0 Å². The Bertz CT molecular complexity index is 449. The van der Waals surface area contributed by atoms with Gasteiger partial charge in [0, 0.05) is 25.6 Å². The van der Waals surface area contributed by atoms with Crippen molar-refractivity contribution in [2.24, 2.45) is 0 Å². The van der Waals surface area contributed by atoms with Crippen molar-refractivity contribution in [2.75, 3.05) is 24.7 Å². The van der Waals surface area contributed by atoms with Gasteiger partial charge in [0.1, 0.15) is 6.04 Å². The first-order valence-electron chi connectivity index (χ1n) is 5.88. The molecule has 2 amide bonds. The first-order valence-corrected chi connectivity index (χ1v) is 7.70. The van der Waals surface area contributed by atoms with E-state index < -0.39 is 33.9 Å². The highest BCUT2D eigenvalue weighted by Gasteiger charge is 2.32. The van der Waals surface area contributed by atoms with E-state index in [4.69, 9.17) is 10.2 Å². The summed E-state index contributed by atoms with van der Waals surface area (Å²) >= 11 is 0. The van der Waals surface area contributed by atoms with Crippen LogP contribution in [0.15, 0.2) is 0 Å². The van der Waals surface area contributed by atoms with Crippen molar-refractivity contribution in [2.45, 2.75) is 25.4 Å². The van der Waals surface area contributed by atoms with Gasteiger partial charge >= 0.3 is 12.0 Å². The summed E-state index contributed by atoms with van der Waals surface area (Å²) in [5, 5.41) is 19.9. The van der Waals surface area contributed by atoms with Crippen molar-refractivity contribution < 1.29 is 28.2 Å². The molecule has 110 valence electrons. The van der Waals surface area contributed by atoms with Crippen LogP contribution in [0.4, 0.5) is 4.79 Å². The number of carboxylic acids is 1. The summed E-state index contributed by atoms with van der Waals surface area (Å²) in [5.41, 5.74) is 0. The van der Waals surface area contributed by atoms with Gasteiger partial charge in [-0.2, -0.15) is 0 Å². The molecular weight excluding hydrogens is 276 g/mol. The number of carboxylic acid groups (broad SMARTS) is 1. The minimum Gasteiger partial charge on any atom is -0.480 e. The van der Waals surface area contributed by atoms with E-state index in [1.54, 1.807) is 6.92 Å². The van der Waals surface area contributed by atoms with Crippen molar-refractivity contribution in [1.29, 1.82) is 0 Å². The van der Waals surface area contributed by atoms with Gasteiger partial charge in [0.2, 0.25) is 0 Å². The van der Waals surface area contributed by atoms with Crippen molar-refractivity contribution in [3.05, 3.63) is 0 Å². The Labute approximate surface area is 111 Å². The van der Waals surface area contributed by atoms with Gasteiger partial charge < -0.3 is 20.4 Å². The number of rotatable bonds is 4. The molecule has 0 aliphatic carbocycles. The van der Waals surface area contributed by atoms with E-state index in [2.05, 4.69) is 5.32 Å². The molecule has 0 radical (unpaired) electrons. The molecular formula is C10H18N2O6S. The summed E-state index contributed by atoms with van der Waals surface area (Å²) in [4.78, 5) is 24.0. The number of nitrogens with one attached hydrogen (secondary N) is 1. The van der Waals surface area contributed by atoms with Crippen LogP contribution in [-0.4, -0.2) is 72.3 Å². The molecule has 0 aromatic rings. The SMILES string of the molecule is CC1CS(=O)(=O)CCN1C(=O)N[C@H](CCO)C(=O)O. The number of hydrogen-bond acceptors (Lipinski definition) is 5. The van der Waals surface area contributed by atoms with Gasteiger partial charge in [-0.25, -0.2) is 18.0 Å². The molecule has 0 aromatic heterocycles. The van der Waals surface area contributed by atoms with Crippen molar-refractivity contribution in [3.8, 4) is 0 Å². The standard InChI is InChI=1S/C10H18N2O6S/c1-7-6-19(17,18)5-3-12(7)10(16)11-8(2-4-13)9(14)15/h7-8,13H,2-6H2,1H3,(H,11,16)(H,14,15)/t7?,8-/m1/s1. The second kappa shape index (κ2) is 6.20. The average Bonchev–Trinajstić information content (AvgIpc) is 2.26. The number of aliphatic hydroxyl groups is 1. The lowest BCUT2D eigenvalue weighted by atomic mass is 10.2. The number of nitrogens with zero attached hydrogens (tertiary/aromatic N) is 1. The monoisotopic (exact) mass is 294 g/mol. The molecule has 0 aromatic carbocycles. The van der Waals surface area contributed by atoms with Crippen LogP contribution in [0.3, 0.4) is 0 Å². The van der Waals surface area contributed by atoms with Gasteiger partial charge in [-0.05, 0) is 6.92 Å². The molecule has 1 saturated heterocycles. The Morgan fingerprint density at radius 3 is 2.58 bits per heavy atom. The van der Waals surface area contributed by atoms with Crippen LogP contribution in [0.5, 0.6) is 0 Å². The Morgan fingerprint density at radius 2 is 2.11 bits per heavy atom. The zero-order valence-electron chi connectivity index (χ0n) is 10.6. The second-order valence-corrected chi connectivity index (χ2v) is 6.74. The highest BCUT2D eigenvalue weighted by atomic mass is 32.2. The lowest BCUT2D eigenvalue weighted by Crippen LogP contribution is -2.56. The third-order valence-electron chi connectivity index (χ3n) is 2.94. The fourth-order valence-corrected chi connectivity index (χ4v) is 3.48. The van der Waals surface area contributed by atoms with Crippen molar-refractivity contribution in [1.82, 2.24) is 10.2 Å². The number of aliphatic hydroxyl groups excluding tert-OH is 1. The Morgan fingerprint density at radius 1 is 1.47 bits per heavy atom. The molecule has 1 unspecified atom stereocenters. The van der Waals surface area contributed by atoms with Crippen molar-refractivity contribution in [3.63, 3.8) is 0 Å². The van der Waals surface area contributed by atoms with Crippen LogP contribution in [0.1, 0.15) is 13.3 Å². The number of urea groups is 1. The third kappa shape index (κ3) is 4.35. The van der Waals surface area contributed by atoms with Gasteiger partial charge in [0.25, 0.3) is 0 Å². The van der Waals surface area contributed by atoms with E-state index in [-0.39, 0.29) is 31.1 Å². The zero-order chi connectivity index (χ0) is 14.6. The number of aliphatic carboxylic acids is 1. The molecule has 19 heavy (non-hydrogen) atoms. The first-order chi connectivity index (χ1) is 8.76. The molecule has 0 bridgehead atoms. The maximum Gasteiger partial charge on any atom is 0.326 e. The quantitative estimate of drug-likeness (QED) is 0.589. The second-order valence-electron chi connectivity index (χ2n) is 4.51. The summed E-state index contributed by atoms with van der Waals surface area (Å²) in [5.74, 6) is -1.49. The van der Waals surface area contributed by atoms with E-state index in [9.17, 15) is 18.0 Å². The van der Waals surface area contributed by atoms with E-state index in [1.165, 1.54) is 4.90 Å². The van der Waals surface area contributed by atoms with Crippen LogP contribution in [0.2, 0.25) is 0 Å². The summed E-state index contributed by atoms with van der Waals surface area (Å²) in [6.45, 7) is 1.28. The smallest absolute Gasteiger partial charge is 0.326 e. The molecule has 1 aliphatic rings. The maximum absolute atomic E-state index is 11.9. The number of amides is 2. The first kappa shape index (κ1) is 15.7. The van der Waals surface area contributed by atoms with E-state index in [1.807, 2.05) is 0 Å². The minimum absolute atomic E-state index is 0.0425. The van der Waals surface area contributed by atoms with Crippen LogP contribution >= 0.6 is 0 Å². The van der Waals surface area contributed by atoms with Gasteiger partial charge in [0.05, 0.1) is 11.5 Å². The largest absolute Gasteiger partial charge is 0.480 e. The highest BCUT2D eigenvalue weighted by molar-refractivity contribution is 7.91. The lowest BCUT2D eigenvalue weighted by molar-refractivity contribution is -0.139. The van der Waals surface area contributed by atoms with Gasteiger partial charge in [-0.1, -0.05) is 0 Å². The van der Waals surface area contributed by atoms with Crippen LogP contribution < -0.4 is 5.32 Å². The fraction of sp³-hybridized carbons (Fsp3) is 0.800. The summed E-state index contributed by atoms with van der Waals surface area (Å²) < 4.78 is 22.8. The molecule has 0 spiro atoms. The Kier molecular flexibility index (Phi) is 5.12. The fourth-order valence-electron chi connectivity index (χ4n) is 1.92. The topological polar surface area (TPSA) is 124 Å². The molecule has 9 heteroatoms. The predicted molar refractivity (Wildman–Crippen MR) is 66.5 cm³/mol. The van der Waals surface area contributed by atoms with Crippen LogP contribution in [0, 0.1) is 0 Å². The maximum atomic E-state index is 11.9. The molecule has 3 N–H and O–H groups in total. The molecule has 8 nitrogen and oxygen atoms in total. The highest BCUT2D eigenvalue weighted by Crippen LogP contribution is 2.11. The third-order valence-corrected chi connectivity index (χ3v) is 4.74. The number of carbonyl (C=O) groups is 2. The van der Waals surface area contributed by atoms with E-state index >= 15 is 0 Å². The molecule has 2 atom stereocenters. The van der Waals surface area contributed by atoms with E-state index in [0.717, 1.165) is 0 Å². The number of sulfone groups is 1. The van der Waals surface area contributed by atoms with Gasteiger partial charge in [-0.3, -0.25) is 0 Å². The normalized spacial score (nSPS) is 23.7. The van der Waals surface area contributed by atoms with Crippen LogP contribution in [-0.2, 0) is 14.6 Å². The number of hydrogen-bond donors (Lipinski definition) is 3. The molecule has 1 rings (SSSR count). The molecule has 1 aliphatic heterocycles.